The van der Waals surface area contributed by atoms with Gasteiger partial charge in [0.2, 0.25) is 5.91 Å². The SMILES string of the molecule is CC(=O)N1CC(CCC(=O)O)c2cc(C)ccc21. The number of hydrogen-bond donors (Lipinski definition) is 1. The second-order valence-corrected chi connectivity index (χ2v) is 4.82. The van der Waals surface area contributed by atoms with Gasteiger partial charge in [-0.3, -0.25) is 9.59 Å². The highest BCUT2D eigenvalue weighted by molar-refractivity contribution is 5.94. The van der Waals surface area contributed by atoms with E-state index in [4.69, 9.17) is 5.11 Å². The van der Waals surface area contributed by atoms with Crippen molar-refractivity contribution in [2.75, 3.05) is 11.4 Å². The highest BCUT2D eigenvalue weighted by Gasteiger charge is 2.30. The van der Waals surface area contributed by atoms with E-state index < -0.39 is 5.97 Å². The maximum absolute atomic E-state index is 11.6. The monoisotopic (exact) mass is 247 g/mol. The molecular weight excluding hydrogens is 230 g/mol. The van der Waals surface area contributed by atoms with Gasteiger partial charge in [-0.25, -0.2) is 0 Å². The summed E-state index contributed by atoms with van der Waals surface area (Å²) in [6.45, 7) is 4.15. The van der Waals surface area contributed by atoms with E-state index in [1.165, 1.54) is 0 Å². The number of amides is 1. The van der Waals surface area contributed by atoms with Crippen LogP contribution in [0.5, 0.6) is 0 Å². The van der Waals surface area contributed by atoms with Crippen LogP contribution in [-0.4, -0.2) is 23.5 Å². The zero-order valence-corrected chi connectivity index (χ0v) is 10.6. The van der Waals surface area contributed by atoms with Crippen molar-refractivity contribution in [2.45, 2.75) is 32.6 Å². The first-order chi connectivity index (χ1) is 8.49. The Bertz CT molecular complexity index is 496. The molecule has 1 unspecified atom stereocenters. The van der Waals surface area contributed by atoms with E-state index in [0.717, 1.165) is 16.8 Å². The number of carboxylic acid groups (broad SMARTS) is 1. The molecule has 0 bridgehead atoms. The summed E-state index contributed by atoms with van der Waals surface area (Å²) < 4.78 is 0. The lowest BCUT2D eigenvalue weighted by Crippen LogP contribution is -2.27. The third-order valence-corrected chi connectivity index (χ3v) is 3.40. The number of anilines is 1. The molecule has 1 amide bonds. The van der Waals surface area contributed by atoms with Crippen LogP contribution in [-0.2, 0) is 9.59 Å². The molecule has 1 heterocycles. The number of fused-ring (bicyclic) bond motifs is 1. The summed E-state index contributed by atoms with van der Waals surface area (Å²) in [7, 11) is 0. The molecule has 1 aliphatic heterocycles. The summed E-state index contributed by atoms with van der Waals surface area (Å²) in [6.07, 6.45) is 0.722. The standard InChI is InChI=1S/C14H17NO3/c1-9-3-5-13-12(7-9)11(4-6-14(17)18)8-15(13)10(2)16/h3,5,7,11H,4,6,8H2,1-2H3,(H,17,18). The third-order valence-electron chi connectivity index (χ3n) is 3.40. The van der Waals surface area contributed by atoms with Gasteiger partial charge in [0.25, 0.3) is 0 Å². The normalized spacial score (nSPS) is 17.7. The van der Waals surface area contributed by atoms with Crippen molar-refractivity contribution in [3.8, 4) is 0 Å². The van der Waals surface area contributed by atoms with Gasteiger partial charge in [-0.15, -0.1) is 0 Å². The number of carbonyl (C=O) groups is 2. The third kappa shape index (κ3) is 2.37. The lowest BCUT2D eigenvalue weighted by Gasteiger charge is -2.15. The Labute approximate surface area is 106 Å². The van der Waals surface area contributed by atoms with Gasteiger partial charge in [0.1, 0.15) is 0 Å². The van der Waals surface area contributed by atoms with Crippen LogP contribution in [0.1, 0.15) is 36.8 Å². The summed E-state index contributed by atoms with van der Waals surface area (Å²) in [6, 6.07) is 5.99. The Morgan fingerprint density at radius 2 is 2.17 bits per heavy atom. The van der Waals surface area contributed by atoms with Crippen molar-refractivity contribution in [3.05, 3.63) is 29.3 Å². The molecule has 1 aromatic carbocycles. The smallest absolute Gasteiger partial charge is 0.303 e. The molecule has 2 rings (SSSR count). The quantitative estimate of drug-likeness (QED) is 0.891. The minimum absolute atomic E-state index is 0.0120. The van der Waals surface area contributed by atoms with Crippen molar-refractivity contribution in [2.24, 2.45) is 0 Å². The fourth-order valence-electron chi connectivity index (χ4n) is 2.51. The van der Waals surface area contributed by atoms with E-state index in [1.54, 1.807) is 11.8 Å². The highest BCUT2D eigenvalue weighted by atomic mass is 16.4. The number of rotatable bonds is 3. The Kier molecular flexibility index (Phi) is 3.36. The average molecular weight is 247 g/mol. The molecule has 1 aliphatic rings. The lowest BCUT2D eigenvalue weighted by atomic mass is 9.95. The molecule has 1 aromatic rings. The van der Waals surface area contributed by atoms with Crippen LogP contribution in [0.2, 0.25) is 0 Å². The van der Waals surface area contributed by atoms with Crippen LogP contribution in [0.3, 0.4) is 0 Å². The van der Waals surface area contributed by atoms with E-state index >= 15 is 0 Å². The van der Waals surface area contributed by atoms with E-state index in [-0.39, 0.29) is 18.2 Å². The average Bonchev–Trinajstić information content (AvgIpc) is 2.64. The van der Waals surface area contributed by atoms with Crippen molar-refractivity contribution in [1.29, 1.82) is 0 Å². The topological polar surface area (TPSA) is 57.6 Å². The predicted molar refractivity (Wildman–Crippen MR) is 68.8 cm³/mol. The predicted octanol–water partition coefficient (Wildman–Crippen LogP) is 2.31. The molecule has 96 valence electrons. The Morgan fingerprint density at radius 1 is 1.44 bits per heavy atom. The largest absolute Gasteiger partial charge is 0.481 e. The first-order valence-corrected chi connectivity index (χ1v) is 6.09. The van der Waals surface area contributed by atoms with Gasteiger partial charge < -0.3 is 10.0 Å². The number of aryl methyl sites for hydroxylation is 1. The van der Waals surface area contributed by atoms with Gasteiger partial charge in [0.05, 0.1) is 0 Å². The van der Waals surface area contributed by atoms with Crippen molar-refractivity contribution < 1.29 is 14.7 Å². The lowest BCUT2D eigenvalue weighted by molar-refractivity contribution is -0.137. The number of aliphatic carboxylic acids is 1. The Balaban J connectivity index is 2.28. The van der Waals surface area contributed by atoms with Crippen LogP contribution in [0.4, 0.5) is 5.69 Å². The molecule has 1 N–H and O–H groups in total. The fraction of sp³-hybridized carbons (Fsp3) is 0.429. The van der Waals surface area contributed by atoms with Crippen molar-refractivity contribution >= 4 is 17.6 Å². The summed E-state index contributed by atoms with van der Waals surface area (Å²) >= 11 is 0. The maximum atomic E-state index is 11.6. The van der Waals surface area contributed by atoms with Gasteiger partial charge in [0.15, 0.2) is 0 Å². The van der Waals surface area contributed by atoms with E-state index in [1.807, 2.05) is 19.1 Å². The minimum atomic E-state index is -0.787. The minimum Gasteiger partial charge on any atom is -0.481 e. The molecule has 4 heteroatoms. The van der Waals surface area contributed by atoms with Gasteiger partial charge in [-0.1, -0.05) is 17.7 Å². The van der Waals surface area contributed by atoms with Gasteiger partial charge in [-0.05, 0) is 25.0 Å². The number of benzene rings is 1. The van der Waals surface area contributed by atoms with Crippen LogP contribution < -0.4 is 4.90 Å². The summed E-state index contributed by atoms with van der Waals surface area (Å²) in [5, 5.41) is 8.77. The zero-order chi connectivity index (χ0) is 13.3. The van der Waals surface area contributed by atoms with Gasteiger partial charge in [0, 0.05) is 31.5 Å². The molecule has 0 radical (unpaired) electrons. The molecule has 0 spiro atoms. The maximum Gasteiger partial charge on any atom is 0.303 e. The fourth-order valence-corrected chi connectivity index (χ4v) is 2.51. The van der Waals surface area contributed by atoms with Crippen molar-refractivity contribution in [3.63, 3.8) is 0 Å². The van der Waals surface area contributed by atoms with E-state index in [2.05, 4.69) is 6.07 Å². The first kappa shape index (κ1) is 12.6. The number of carboxylic acids is 1. The molecule has 0 saturated heterocycles. The molecule has 18 heavy (non-hydrogen) atoms. The van der Waals surface area contributed by atoms with Crippen LogP contribution >= 0.6 is 0 Å². The number of nitrogens with zero attached hydrogens (tertiary/aromatic N) is 1. The van der Waals surface area contributed by atoms with E-state index in [0.29, 0.717) is 13.0 Å². The van der Waals surface area contributed by atoms with Gasteiger partial charge in [-0.2, -0.15) is 0 Å². The van der Waals surface area contributed by atoms with Crippen LogP contribution in [0, 0.1) is 6.92 Å². The van der Waals surface area contributed by atoms with Crippen LogP contribution in [0.25, 0.3) is 0 Å². The molecule has 0 saturated carbocycles. The molecule has 0 aromatic heterocycles. The number of hydrogen-bond acceptors (Lipinski definition) is 2. The zero-order valence-electron chi connectivity index (χ0n) is 10.6. The van der Waals surface area contributed by atoms with E-state index in [9.17, 15) is 9.59 Å². The van der Waals surface area contributed by atoms with Gasteiger partial charge >= 0.3 is 5.97 Å². The molecular formula is C14H17NO3. The molecule has 0 fully saturated rings. The molecule has 0 aliphatic carbocycles. The first-order valence-electron chi connectivity index (χ1n) is 6.09. The second-order valence-electron chi connectivity index (χ2n) is 4.82. The van der Waals surface area contributed by atoms with Crippen molar-refractivity contribution in [1.82, 2.24) is 0 Å². The summed E-state index contributed by atoms with van der Waals surface area (Å²) in [5.74, 6) is -0.636. The van der Waals surface area contributed by atoms with Crippen LogP contribution in [0.15, 0.2) is 18.2 Å². The molecule has 4 nitrogen and oxygen atoms in total. The Morgan fingerprint density at radius 3 is 2.78 bits per heavy atom. The Hall–Kier alpha value is -1.84. The summed E-state index contributed by atoms with van der Waals surface area (Å²) in [5.41, 5.74) is 3.18. The molecule has 1 atom stereocenters. The highest BCUT2D eigenvalue weighted by Crippen LogP contribution is 2.39. The summed E-state index contributed by atoms with van der Waals surface area (Å²) in [4.78, 5) is 24.0. The second kappa shape index (κ2) is 4.80. The number of carbonyl (C=O) groups excluding carboxylic acids is 1.